The lowest BCUT2D eigenvalue weighted by Gasteiger charge is -2.36. The van der Waals surface area contributed by atoms with Crippen LogP contribution in [-0.2, 0) is 14.3 Å². The largest absolute Gasteiger partial charge is 0.382 e. The van der Waals surface area contributed by atoms with E-state index in [9.17, 15) is 4.79 Å². The number of benzene rings is 1. The van der Waals surface area contributed by atoms with Gasteiger partial charge in [-0.3, -0.25) is 4.79 Å². The number of amides is 1. The highest BCUT2D eigenvalue weighted by Crippen LogP contribution is 2.19. The van der Waals surface area contributed by atoms with E-state index >= 15 is 0 Å². The number of carbonyl (C=O) groups is 1. The minimum atomic E-state index is 0.0471. The smallest absolute Gasteiger partial charge is 0.244 e. The number of guanidine groups is 1. The number of anilines is 1. The molecule has 8 nitrogen and oxygen atoms in total. The van der Waals surface area contributed by atoms with Crippen LogP contribution in [0.4, 0.5) is 5.69 Å². The fourth-order valence-corrected chi connectivity index (χ4v) is 3.21. The molecule has 0 radical (unpaired) electrons. The number of halogens is 1. The molecule has 0 bridgehead atoms. The molecular weight excluding hydrogens is 406 g/mol. The van der Waals surface area contributed by atoms with Gasteiger partial charge in [-0.2, -0.15) is 0 Å². The molecule has 0 spiro atoms. The van der Waals surface area contributed by atoms with E-state index in [1.54, 1.807) is 7.11 Å². The Bertz CT molecular complexity index is 649. The number of rotatable bonds is 11. The fourth-order valence-electron chi connectivity index (χ4n) is 3.08. The van der Waals surface area contributed by atoms with Crippen LogP contribution in [0.1, 0.15) is 13.3 Å². The standard InChI is InChI=1S/C21H34ClN5O3/c1-3-23-21(24-9-4-14-30-16-15-29-2)25-17-20(28)27-12-10-26(11-13-27)19-7-5-18(22)6-8-19/h5-8H,3-4,9-17H2,1-2H3,(H2,23,24,25). The maximum Gasteiger partial charge on any atom is 0.244 e. The van der Waals surface area contributed by atoms with Crippen LogP contribution < -0.4 is 15.5 Å². The van der Waals surface area contributed by atoms with Crippen molar-refractivity contribution in [3.8, 4) is 0 Å². The second kappa shape index (κ2) is 14.1. The molecule has 2 rings (SSSR count). The van der Waals surface area contributed by atoms with Crippen LogP contribution in [0, 0.1) is 0 Å². The Labute approximate surface area is 184 Å². The molecule has 1 aliphatic heterocycles. The average molecular weight is 440 g/mol. The highest BCUT2D eigenvalue weighted by molar-refractivity contribution is 6.30. The number of nitrogens with one attached hydrogen (secondary N) is 2. The lowest BCUT2D eigenvalue weighted by atomic mass is 10.2. The Morgan fingerprint density at radius 3 is 2.50 bits per heavy atom. The number of piperazine rings is 1. The Balaban J connectivity index is 1.71. The van der Waals surface area contributed by atoms with E-state index in [0.717, 1.165) is 43.3 Å². The Morgan fingerprint density at radius 2 is 1.83 bits per heavy atom. The van der Waals surface area contributed by atoms with E-state index in [1.807, 2.05) is 36.1 Å². The van der Waals surface area contributed by atoms with Crippen molar-refractivity contribution in [1.29, 1.82) is 0 Å². The number of nitrogens with zero attached hydrogens (tertiary/aromatic N) is 3. The summed E-state index contributed by atoms with van der Waals surface area (Å²) in [5.74, 6) is 0.702. The van der Waals surface area contributed by atoms with Crippen LogP contribution in [0.2, 0.25) is 5.02 Å². The molecule has 30 heavy (non-hydrogen) atoms. The molecule has 0 aliphatic carbocycles. The van der Waals surface area contributed by atoms with Crippen LogP contribution in [0.25, 0.3) is 0 Å². The topological polar surface area (TPSA) is 78.4 Å². The third-order valence-corrected chi connectivity index (χ3v) is 4.98. The lowest BCUT2D eigenvalue weighted by Crippen LogP contribution is -2.49. The monoisotopic (exact) mass is 439 g/mol. The summed E-state index contributed by atoms with van der Waals surface area (Å²) >= 11 is 5.96. The van der Waals surface area contributed by atoms with Gasteiger partial charge >= 0.3 is 0 Å². The molecule has 9 heteroatoms. The number of hydrogen-bond acceptors (Lipinski definition) is 5. The summed E-state index contributed by atoms with van der Waals surface area (Å²) in [4.78, 5) is 21.1. The van der Waals surface area contributed by atoms with Gasteiger partial charge in [0.2, 0.25) is 5.91 Å². The van der Waals surface area contributed by atoms with E-state index in [4.69, 9.17) is 21.1 Å². The Kier molecular flexibility index (Phi) is 11.4. The van der Waals surface area contributed by atoms with Crippen molar-refractivity contribution in [2.45, 2.75) is 13.3 Å². The number of methoxy groups -OCH3 is 1. The van der Waals surface area contributed by atoms with Crippen LogP contribution >= 0.6 is 11.6 Å². The van der Waals surface area contributed by atoms with Gasteiger partial charge in [-0.05, 0) is 37.6 Å². The number of hydrogen-bond donors (Lipinski definition) is 2. The Morgan fingerprint density at radius 1 is 1.10 bits per heavy atom. The van der Waals surface area contributed by atoms with Crippen LogP contribution in [-0.4, -0.2) is 89.5 Å². The predicted octanol–water partition coefficient (Wildman–Crippen LogP) is 1.60. The molecule has 168 valence electrons. The maximum absolute atomic E-state index is 12.6. The van der Waals surface area contributed by atoms with E-state index < -0.39 is 0 Å². The average Bonchev–Trinajstić information content (AvgIpc) is 2.77. The van der Waals surface area contributed by atoms with E-state index in [-0.39, 0.29) is 12.5 Å². The molecule has 1 amide bonds. The molecule has 1 heterocycles. The minimum Gasteiger partial charge on any atom is -0.382 e. The number of ether oxygens (including phenoxy) is 2. The Hall–Kier alpha value is -2.03. The molecule has 1 aromatic rings. The number of aliphatic imine (C=N–C) groups is 1. The second-order valence-corrected chi connectivity index (χ2v) is 7.36. The molecular formula is C21H34ClN5O3. The first-order valence-corrected chi connectivity index (χ1v) is 10.9. The van der Waals surface area contributed by atoms with E-state index in [0.29, 0.717) is 38.9 Å². The van der Waals surface area contributed by atoms with Crippen molar-refractivity contribution in [1.82, 2.24) is 15.5 Å². The summed E-state index contributed by atoms with van der Waals surface area (Å²) in [6.07, 6.45) is 0.856. The summed E-state index contributed by atoms with van der Waals surface area (Å²) in [6.45, 7) is 8.47. The van der Waals surface area contributed by atoms with Gasteiger partial charge in [0, 0.05) is 63.7 Å². The van der Waals surface area contributed by atoms with Gasteiger partial charge in [0.05, 0.1) is 13.2 Å². The van der Waals surface area contributed by atoms with Crippen molar-refractivity contribution < 1.29 is 14.3 Å². The third-order valence-electron chi connectivity index (χ3n) is 4.73. The summed E-state index contributed by atoms with van der Waals surface area (Å²) in [6, 6.07) is 7.82. The van der Waals surface area contributed by atoms with Gasteiger partial charge < -0.3 is 29.9 Å². The first kappa shape index (κ1) is 24.2. The summed E-state index contributed by atoms with van der Waals surface area (Å²) in [5, 5.41) is 7.15. The molecule has 2 N–H and O–H groups in total. The fraction of sp³-hybridized carbons (Fsp3) is 0.619. The zero-order valence-electron chi connectivity index (χ0n) is 18.0. The first-order valence-electron chi connectivity index (χ1n) is 10.5. The van der Waals surface area contributed by atoms with Gasteiger partial charge in [-0.15, -0.1) is 0 Å². The minimum absolute atomic E-state index is 0.0471. The normalized spacial score (nSPS) is 14.7. The molecule has 0 saturated carbocycles. The zero-order valence-corrected chi connectivity index (χ0v) is 18.8. The van der Waals surface area contributed by atoms with Crippen molar-refractivity contribution >= 4 is 29.2 Å². The molecule has 0 unspecified atom stereocenters. The summed E-state index contributed by atoms with van der Waals surface area (Å²) in [7, 11) is 1.66. The van der Waals surface area contributed by atoms with Crippen molar-refractivity contribution in [3.63, 3.8) is 0 Å². The molecule has 1 aliphatic rings. The molecule has 0 aromatic heterocycles. The highest BCUT2D eigenvalue weighted by atomic mass is 35.5. The molecule has 1 fully saturated rings. The van der Waals surface area contributed by atoms with Gasteiger partial charge in [0.15, 0.2) is 5.96 Å². The summed E-state index contributed by atoms with van der Waals surface area (Å²) in [5.41, 5.74) is 1.13. The van der Waals surface area contributed by atoms with Crippen molar-refractivity contribution in [2.24, 2.45) is 4.99 Å². The van der Waals surface area contributed by atoms with Crippen LogP contribution in [0.3, 0.4) is 0 Å². The molecule has 1 saturated heterocycles. The SMILES string of the molecule is CCNC(=NCC(=O)N1CCN(c2ccc(Cl)cc2)CC1)NCCCOCCOC. The number of carbonyl (C=O) groups excluding carboxylic acids is 1. The van der Waals surface area contributed by atoms with Crippen molar-refractivity contribution in [3.05, 3.63) is 29.3 Å². The highest BCUT2D eigenvalue weighted by Gasteiger charge is 2.21. The first-order chi connectivity index (χ1) is 14.6. The quantitative estimate of drug-likeness (QED) is 0.310. The van der Waals surface area contributed by atoms with E-state index in [2.05, 4.69) is 20.5 Å². The van der Waals surface area contributed by atoms with Gasteiger partial charge in [0.25, 0.3) is 0 Å². The summed E-state index contributed by atoms with van der Waals surface area (Å²) < 4.78 is 10.4. The van der Waals surface area contributed by atoms with E-state index in [1.165, 1.54) is 0 Å². The molecule has 0 atom stereocenters. The van der Waals surface area contributed by atoms with Crippen molar-refractivity contribution in [2.75, 3.05) is 77.6 Å². The van der Waals surface area contributed by atoms with Crippen LogP contribution in [0.5, 0.6) is 0 Å². The van der Waals surface area contributed by atoms with Gasteiger partial charge in [-0.25, -0.2) is 4.99 Å². The van der Waals surface area contributed by atoms with Crippen LogP contribution in [0.15, 0.2) is 29.3 Å². The lowest BCUT2D eigenvalue weighted by molar-refractivity contribution is -0.129. The predicted molar refractivity (Wildman–Crippen MR) is 122 cm³/mol. The third kappa shape index (κ3) is 8.77. The maximum atomic E-state index is 12.6. The van der Waals surface area contributed by atoms with Gasteiger partial charge in [0.1, 0.15) is 6.54 Å². The molecule has 1 aromatic carbocycles. The van der Waals surface area contributed by atoms with Gasteiger partial charge in [-0.1, -0.05) is 11.6 Å². The zero-order chi connectivity index (χ0) is 21.6. The second-order valence-electron chi connectivity index (χ2n) is 6.92.